The molecule has 1 aliphatic rings. The van der Waals surface area contributed by atoms with Gasteiger partial charge in [0, 0.05) is 11.3 Å². The van der Waals surface area contributed by atoms with E-state index in [0.717, 1.165) is 11.1 Å². The maximum Gasteiger partial charge on any atom is 0.139 e. The molecule has 0 bridgehead atoms. The molecule has 0 atom stereocenters. The average molecular weight is 305 g/mol. The van der Waals surface area contributed by atoms with E-state index in [1.54, 1.807) is 11.0 Å². The van der Waals surface area contributed by atoms with Crippen LogP contribution in [0.1, 0.15) is 11.1 Å². The van der Waals surface area contributed by atoms with Crippen LogP contribution in [0.25, 0.3) is 0 Å². The fourth-order valence-corrected chi connectivity index (χ4v) is 2.40. The number of anilines is 1. The van der Waals surface area contributed by atoms with Crippen molar-refractivity contribution < 1.29 is 4.39 Å². The highest BCUT2D eigenvalue weighted by Gasteiger charge is 2.25. The average Bonchev–Trinajstić information content (AvgIpc) is 2.71. The molecule has 1 heterocycles. The molecule has 0 saturated carbocycles. The summed E-state index contributed by atoms with van der Waals surface area (Å²) < 4.78 is 14.0. The zero-order chi connectivity index (χ0) is 12.7. The maximum absolute atomic E-state index is 13.5. The lowest BCUT2D eigenvalue weighted by molar-refractivity contribution is 0.621. The number of hydrogen-bond acceptors (Lipinski definition) is 1. The van der Waals surface area contributed by atoms with Gasteiger partial charge in [-0.1, -0.05) is 24.3 Å². The van der Waals surface area contributed by atoms with Gasteiger partial charge in [-0.05, 0) is 39.7 Å². The Balaban J connectivity index is 2.01. The smallest absolute Gasteiger partial charge is 0.139 e. The van der Waals surface area contributed by atoms with Crippen LogP contribution in [-0.2, 0) is 6.54 Å². The quantitative estimate of drug-likeness (QED) is 0.849. The third-order valence-electron chi connectivity index (χ3n) is 3.09. The van der Waals surface area contributed by atoms with Crippen molar-refractivity contribution >= 4 is 27.5 Å². The molecule has 4 heteroatoms. The number of fused-ring (bicyclic) bond motifs is 1. The number of nitrogens with one attached hydrogen (secondary N) is 1. The lowest BCUT2D eigenvalue weighted by atomic mass is 10.1. The van der Waals surface area contributed by atoms with E-state index in [1.165, 1.54) is 6.07 Å². The highest BCUT2D eigenvalue weighted by atomic mass is 79.9. The zero-order valence-corrected chi connectivity index (χ0v) is 11.0. The van der Waals surface area contributed by atoms with Gasteiger partial charge in [-0.3, -0.25) is 5.41 Å². The van der Waals surface area contributed by atoms with Crippen LogP contribution in [0.5, 0.6) is 0 Å². The molecule has 0 fully saturated rings. The summed E-state index contributed by atoms with van der Waals surface area (Å²) in [6.45, 7) is 0.621. The van der Waals surface area contributed by atoms with E-state index >= 15 is 0 Å². The molecule has 0 spiro atoms. The van der Waals surface area contributed by atoms with Gasteiger partial charge in [-0.2, -0.15) is 0 Å². The van der Waals surface area contributed by atoms with Crippen LogP contribution in [0.3, 0.4) is 0 Å². The summed E-state index contributed by atoms with van der Waals surface area (Å²) in [6, 6.07) is 12.7. The predicted molar refractivity (Wildman–Crippen MR) is 73.6 cm³/mol. The van der Waals surface area contributed by atoms with E-state index in [2.05, 4.69) is 15.9 Å². The molecule has 2 aromatic rings. The van der Waals surface area contributed by atoms with Crippen LogP contribution in [0.4, 0.5) is 10.1 Å². The van der Waals surface area contributed by atoms with Gasteiger partial charge < -0.3 is 4.90 Å². The molecule has 0 saturated heterocycles. The number of amidine groups is 1. The Kier molecular flexibility index (Phi) is 2.67. The molecular formula is C14H10BrFN2. The fourth-order valence-electron chi connectivity index (χ4n) is 2.16. The van der Waals surface area contributed by atoms with Crippen LogP contribution in [-0.4, -0.2) is 5.84 Å². The van der Waals surface area contributed by atoms with E-state index in [-0.39, 0.29) is 5.82 Å². The third kappa shape index (κ3) is 1.73. The molecule has 0 unspecified atom stereocenters. The van der Waals surface area contributed by atoms with E-state index in [4.69, 9.17) is 5.41 Å². The van der Waals surface area contributed by atoms with Gasteiger partial charge in [0.25, 0.3) is 0 Å². The summed E-state index contributed by atoms with van der Waals surface area (Å²) in [5.41, 5.74) is 2.73. The second kappa shape index (κ2) is 4.21. The van der Waals surface area contributed by atoms with Gasteiger partial charge in [-0.25, -0.2) is 4.39 Å². The van der Waals surface area contributed by atoms with Crippen LogP contribution >= 0.6 is 15.9 Å². The standard InChI is InChI=1S/C14H10BrFN2/c15-12-6-5-10(7-13(12)16)18-8-9-3-1-2-4-11(9)14(18)17/h1-7,17H,8H2. The number of nitrogens with zero attached hydrogens (tertiary/aromatic N) is 1. The topological polar surface area (TPSA) is 27.1 Å². The SMILES string of the molecule is N=C1c2ccccc2CN1c1ccc(Br)c(F)c1. The minimum atomic E-state index is -0.309. The third-order valence-corrected chi connectivity index (χ3v) is 3.73. The Bertz CT molecular complexity index is 639. The largest absolute Gasteiger partial charge is 0.322 e. The van der Waals surface area contributed by atoms with Crippen LogP contribution in [0.2, 0.25) is 0 Å². The summed E-state index contributed by atoms with van der Waals surface area (Å²) >= 11 is 3.13. The normalized spacial score (nSPS) is 13.9. The van der Waals surface area contributed by atoms with Gasteiger partial charge in [0.15, 0.2) is 0 Å². The molecule has 2 nitrogen and oxygen atoms in total. The first-order valence-corrected chi connectivity index (χ1v) is 6.35. The summed E-state index contributed by atoms with van der Waals surface area (Å²) in [7, 11) is 0. The van der Waals surface area contributed by atoms with Crippen molar-refractivity contribution in [3.8, 4) is 0 Å². The van der Waals surface area contributed by atoms with E-state index in [9.17, 15) is 4.39 Å². The van der Waals surface area contributed by atoms with Gasteiger partial charge >= 0.3 is 0 Å². The maximum atomic E-state index is 13.5. The molecule has 1 aliphatic heterocycles. The molecule has 2 aromatic carbocycles. The Morgan fingerprint density at radius 2 is 1.94 bits per heavy atom. The Hall–Kier alpha value is -1.68. The van der Waals surface area contributed by atoms with E-state index in [1.807, 2.05) is 30.3 Å². The summed E-state index contributed by atoms with van der Waals surface area (Å²) in [4.78, 5) is 1.81. The molecule has 90 valence electrons. The van der Waals surface area contributed by atoms with Gasteiger partial charge in [0.1, 0.15) is 11.7 Å². The first-order chi connectivity index (χ1) is 8.66. The highest BCUT2D eigenvalue weighted by Crippen LogP contribution is 2.30. The van der Waals surface area contributed by atoms with Crippen molar-refractivity contribution in [2.45, 2.75) is 6.54 Å². The fraction of sp³-hybridized carbons (Fsp3) is 0.0714. The number of hydrogen-bond donors (Lipinski definition) is 1. The second-order valence-corrected chi connectivity index (χ2v) is 5.04. The molecule has 0 radical (unpaired) electrons. The monoisotopic (exact) mass is 304 g/mol. The molecule has 1 N–H and O–H groups in total. The van der Waals surface area contributed by atoms with Gasteiger partial charge in [0.2, 0.25) is 0 Å². The van der Waals surface area contributed by atoms with Crippen molar-refractivity contribution in [3.63, 3.8) is 0 Å². The van der Waals surface area contributed by atoms with Crippen molar-refractivity contribution in [1.82, 2.24) is 0 Å². The number of benzene rings is 2. The molecule has 0 aliphatic carbocycles. The van der Waals surface area contributed by atoms with Crippen molar-refractivity contribution in [3.05, 3.63) is 63.9 Å². The summed E-state index contributed by atoms with van der Waals surface area (Å²) in [5.74, 6) is 0.114. The molecule has 18 heavy (non-hydrogen) atoms. The van der Waals surface area contributed by atoms with Crippen LogP contribution in [0.15, 0.2) is 46.9 Å². The van der Waals surface area contributed by atoms with E-state index in [0.29, 0.717) is 22.5 Å². The Morgan fingerprint density at radius 1 is 1.17 bits per heavy atom. The number of rotatable bonds is 1. The Morgan fingerprint density at radius 3 is 2.67 bits per heavy atom. The lowest BCUT2D eigenvalue weighted by Crippen LogP contribution is -2.23. The molecular weight excluding hydrogens is 295 g/mol. The predicted octanol–water partition coefficient (Wildman–Crippen LogP) is 3.93. The minimum absolute atomic E-state index is 0.309. The molecule has 0 aromatic heterocycles. The van der Waals surface area contributed by atoms with Gasteiger partial charge in [0.05, 0.1) is 11.0 Å². The molecule has 3 rings (SSSR count). The van der Waals surface area contributed by atoms with E-state index < -0.39 is 0 Å². The second-order valence-electron chi connectivity index (χ2n) is 4.19. The van der Waals surface area contributed by atoms with Crippen LogP contribution in [0, 0.1) is 11.2 Å². The minimum Gasteiger partial charge on any atom is -0.322 e. The zero-order valence-electron chi connectivity index (χ0n) is 9.45. The van der Waals surface area contributed by atoms with Crippen molar-refractivity contribution in [2.75, 3.05) is 4.90 Å². The summed E-state index contributed by atoms with van der Waals surface area (Å²) in [6.07, 6.45) is 0. The summed E-state index contributed by atoms with van der Waals surface area (Å²) in [5, 5.41) is 8.14. The molecule has 0 amide bonds. The number of halogens is 2. The van der Waals surface area contributed by atoms with Gasteiger partial charge in [-0.15, -0.1) is 0 Å². The van der Waals surface area contributed by atoms with Crippen molar-refractivity contribution in [1.29, 1.82) is 5.41 Å². The van der Waals surface area contributed by atoms with Crippen LogP contribution < -0.4 is 4.90 Å². The highest BCUT2D eigenvalue weighted by molar-refractivity contribution is 9.10. The Labute approximate surface area is 113 Å². The first-order valence-electron chi connectivity index (χ1n) is 5.56. The lowest BCUT2D eigenvalue weighted by Gasteiger charge is -2.18. The van der Waals surface area contributed by atoms with Crippen molar-refractivity contribution in [2.24, 2.45) is 0 Å². The first kappa shape index (κ1) is 11.4.